The van der Waals surface area contributed by atoms with Gasteiger partial charge in [0.1, 0.15) is 10.7 Å². The normalized spacial score (nSPS) is 11.4. The zero-order chi connectivity index (χ0) is 20.8. The van der Waals surface area contributed by atoms with Gasteiger partial charge in [-0.25, -0.2) is 9.78 Å². The van der Waals surface area contributed by atoms with Gasteiger partial charge < -0.3 is 5.11 Å². The molecule has 0 bridgehead atoms. The molecule has 0 atom stereocenters. The number of aliphatic carboxylic acids is 1. The molecular formula is C19H16N4O4S2. The minimum atomic E-state index is -1.16. The second kappa shape index (κ2) is 9.39. The molecule has 0 unspecified atom stereocenters. The van der Waals surface area contributed by atoms with Gasteiger partial charge in [0.25, 0.3) is 5.69 Å². The van der Waals surface area contributed by atoms with E-state index in [4.69, 9.17) is 0 Å². The third-order valence-electron chi connectivity index (χ3n) is 3.71. The summed E-state index contributed by atoms with van der Waals surface area (Å²) in [4.78, 5) is 28.2. The number of hydrogen-bond donors (Lipinski definition) is 2. The lowest BCUT2D eigenvalue weighted by Gasteiger charge is -2.05. The highest BCUT2D eigenvalue weighted by Crippen LogP contribution is 2.36. The van der Waals surface area contributed by atoms with Gasteiger partial charge in [0.15, 0.2) is 0 Å². The van der Waals surface area contributed by atoms with Crippen LogP contribution in [0, 0.1) is 10.1 Å². The maximum atomic E-state index is 11.6. The monoisotopic (exact) mass is 428 g/mol. The number of rotatable bonds is 8. The van der Waals surface area contributed by atoms with E-state index in [1.54, 1.807) is 12.1 Å². The van der Waals surface area contributed by atoms with Crippen LogP contribution in [-0.4, -0.2) is 31.2 Å². The van der Waals surface area contributed by atoms with E-state index in [9.17, 15) is 20.0 Å². The smallest absolute Gasteiger partial charge is 0.342 e. The molecular weight excluding hydrogens is 412 g/mol. The van der Waals surface area contributed by atoms with E-state index in [2.05, 4.69) is 15.2 Å². The van der Waals surface area contributed by atoms with Crippen molar-refractivity contribution in [2.24, 2.45) is 0 Å². The number of nitro benzene ring substituents is 1. The molecule has 8 nitrogen and oxygen atoms in total. The van der Waals surface area contributed by atoms with Crippen LogP contribution in [-0.2, 0) is 11.2 Å². The molecule has 3 rings (SSSR count). The van der Waals surface area contributed by atoms with Crippen LogP contribution in [0.25, 0.3) is 6.08 Å². The minimum absolute atomic E-state index is 0.0376. The van der Waals surface area contributed by atoms with Crippen molar-refractivity contribution in [3.8, 4) is 0 Å². The van der Waals surface area contributed by atoms with Gasteiger partial charge in [-0.15, -0.1) is 5.10 Å². The van der Waals surface area contributed by atoms with Crippen molar-refractivity contribution in [1.29, 1.82) is 0 Å². The Morgan fingerprint density at radius 3 is 2.66 bits per heavy atom. The van der Waals surface area contributed by atoms with Gasteiger partial charge in [0, 0.05) is 17.4 Å². The molecule has 1 heterocycles. The third kappa shape index (κ3) is 5.46. The number of benzene rings is 2. The summed E-state index contributed by atoms with van der Waals surface area (Å²) in [5.41, 5.74) is 0.318. The lowest BCUT2D eigenvalue weighted by molar-refractivity contribution is -0.387. The summed E-state index contributed by atoms with van der Waals surface area (Å²) in [5.74, 6) is -0.515. The Morgan fingerprint density at radius 2 is 2.03 bits per heavy atom. The minimum Gasteiger partial charge on any atom is -0.477 e. The molecule has 0 amide bonds. The zero-order valence-corrected chi connectivity index (χ0v) is 16.9. The molecule has 3 aromatic rings. The Morgan fingerprint density at radius 1 is 1.28 bits per heavy atom. The molecule has 10 heteroatoms. The van der Waals surface area contributed by atoms with E-state index >= 15 is 0 Å². The molecule has 29 heavy (non-hydrogen) atoms. The maximum Gasteiger partial charge on any atom is 0.342 e. The quantitative estimate of drug-likeness (QED) is 0.230. The molecule has 1 aromatic heterocycles. The van der Waals surface area contributed by atoms with E-state index in [-0.39, 0.29) is 15.7 Å². The number of aromatic nitrogens is 3. The largest absolute Gasteiger partial charge is 0.477 e. The summed E-state index contributed by atoms with van der Waals surface area (Å²) < 4.78 is 0. The summed E-state index contributed by atoms with van der Waals surface area (Å²) >= 11 is 2.16. The summed E-state index contributed by atoms with van der Waals surface area (Å²) in [6.07, 6.45) is 2.02. The summed E-state index contributed by atoms with van der Waals surface area (Å²) in [6.45, 7) is 1.90. The van der Waals surface area contributed by atoms with Crippen LogP contribution in [0.5, 0.6) is 0 Å². The molecule has 0 aliphatic heterocycles. The van der Waals surface area contributed by atoms with Crippen molar-refractivity contribution in [3.05, 3.63) is 74.9 Å². The Kier molecular flexibility index (Phi) is 6.68. The number of nitrogens with zero attached hydrogens (tertiary/aromatic N) is 3. The van der Waals surface area contributed by atoms with Gasteiger partial charge in [0.05, 0.1) is 9.82 Å². The number of carboxylic acids is 1. The topological polar surface area (TPSA) is 122 Å². The standard InChI is InChI=1S/C19H16N4O4S2/c1-2-17-20-19(22-21-17)29-16(18(24)25)11-12-8-9-15(14(10-12)23(26)27)28-13-6-4-3-5-7-13/h3-11H,2H2,1H3,(H,24,25)(H,20,21,22)/b16-11+. The van der Waals surface area contributed by atoms with E-state index < -0.39 is 10.9 Å². The fourth-order valence-corrected chi connectivity index (χ4v) is 3.98. The molecule has 0 fully saturated rings. The van der Waals surface area contributed by atoms with Gasteiger partial charge in [-0.3, -0.25) is 15.2 Å². The highest BCUT2D eigenvalue weighted by molar-refractivity contribution is 8.04. The van der Waals surface area contributed by atoms with Crippen molar-refractivity contribution in [2.45, 2.75) is 28.3 Å². The number of aryl methyl sites for hydroxylation is 1. The summed E-state index contributed by atoms with van der Waals surface area (Å²) in [7, 11) is 0. The lowest BCUT2D eigenvalue weighted by Crippen LogP contribution is -1.98. The van der Waals surface area contributed by atoms with Crippen LogP contribution in [0.15, 0.2) is 68.4 Å². The highest BCUT2D eigenvalue weighted by atomic mass is 32.2. The fourth-order valence-electron chi connectivity index (χ4n) is 2.33. The summed E-state index contributed by atoms with van der Waals surface area (Å²) in [6, 6.07) is 13.9. The van der Waals surface area contributed by atoms with Crippen LogP contribution in [0.2, 0.25) is 0 Å². The molecule has 148 valence electrons. The van der Waals surface area contributed by atoms with Crippen LogP contribution in [0.4, 0.5) is 5.69 Å². The van der Waals surface area contributed by atoms with Crippen LogP contribution < -0.4 is 0 Å². The molecule has 0 aliphatic rings. The molecule has 0 spiro atoms. The van der Waals surface area contributed by atoms with E-state index in [1.165, 1.54) is 23.9 Å². The predicted molar refractivity (Wildman–Crippen MR) is 111 cm³/mol. The van der Waals surface area contributed by atoms with Gasteiger partial charge in [-0.05, 0) is 41.6 Å². The Bertz CT molecular complexity index is 1070. The zero-order valence-electron chi connectivity index (χ0n) is 15.2. The molecule has 0 radical (unpaired) electrons. The number of carbonyl (C=O) groups is 1. The Hall–Kier alpha value is -3.11. The Balaban J connectivity index is 1.90. The van der Waals surface area contributed by atoms with Crippen molar-refractivity contribution < 1.29 is 14.8 Å². The van der Waals surface area contributed by atoms with Crippen LogP contribution >= 0.6 is 23.5 Å². The number of nitro groups is 1. The molecule has 2 aromatic carbocycles. The first-order valence-electron chi connectivity index (χ1n) is 8.51. The number of hydrogen-bond acceptors (Lipinski definition) is 7. The number of H-pyrrole nitrogens is 1. The maximum absolute atomic E-state index is 11.6. The number of nitrogens with one attached hydrogen (secondary N) is 1. The lowest BCUT2D eigenvalue weighted by atomic mass is 10.2. The van der Waals surface area contributed by atoms with Gasteiger partial charge >= 0.3 is 5.97 Å². The highest BCUT2D eigenvalue weighted by Gasteiger charge is 2.18. The molecule has 0 aliphatic carbocycles. The Labute approximate surface area is 174 Å². The molecule has 0 saturated heterocycles. The first-order chi connectivity index (χ1) is 14.0. The average Bonchev–Trinajstić information content (AvgIpc) is 3.17. The van der Waals surface area contributed by atoms with Crippen molar-refractivity contribution in [2.75, 3.05) is 0 Å². The molecule has 2 N–H and O–H groups in total. The van der Waals surface area contributed by atoms with Crippen molar-refractivity contribution in [1.82, 2.24) is 15.2 Å². The van der Waals surface area contributed by atoms with E-state index in [0.29, 0.717) is 22.7 Å². The van der Waals surface area contributed by atoms with Gasteiger partial charge in [-0.2, -0.15) is 0 Å². The number of thioether (sulfide) groups is 1. The third-order valence-corrected chi connectivity index (χ3v) is 5.66. The first-order valence-corrected chi connectivity index (χ1v) is 10.1. The SMILES string of the molecule is CCc1nc(S/C(=C/c2ccc(Sc3ccccc3)c([N+](=O)[O-])c2)C(=O)O)n[nH]1. The summed E-state index contributed by atoms with van der Waals surface area (Å²) in [5, 5.41) is 28.0. The van der Waals surface area contributed by atoms with Crippen molar-refractivity contribution in [3.63, 3.8) is 0 Å². The fraction of sp³-hybridized carbons (Fsp3) is 0.105. The van der Waals surface area contributed by atoms with Crippen LogP contribution in [0.3, 0.4) is 0 Å². The van der Waals surface area contributed by atoms with E-state index in [0.717, 1.165) is 16.7 Å². The van der Waals surface area contributed by atoms with Crippen LogP contribution in [0.1, 0.15) is 18.3 Å². The van der Waals surface area contributed by atoms with Crippen molar-refractivity contribution >= 4 is 41.3 Å². The number of aromatic amines is 1. The van der Waals surface area contributed by atoms with Gasteiger partial charge in [0.2, 0.25) is 5.16 Å². The van der Waals surface area contributed by atoms with Gasteiger partial charge in [-0.1, -0.05) is 43.0 Å². The molecule has 0 saturated carbocycles. The second-order valence-corrected chi connectivity index (χ2v) is 7.86. The predicted octanol–water partition coefficient (Wildman–Crippen LogP) is 4.64. The average molecular weight is 428 g/mol. The second-order valence-electron chi connectivity index (χ2n) is 5.73. The number of carboxylic acid groups (broad SMARTS) is 1. The first kappa shape index (κ1) is 20.6. The van der Waals surface area contributed by atoms with E-state index in [1.807, 2.05) is 37.3 Å².